The van der Waals surface area contributed by atoms with E-state index in [4.69, 9.17) is 5.11 Å². The van der Waals surface area contributed by atoms with Gasteiger partial charge in [0.15, 0.2) is 0 Å². The summed E-state index contributed by atoms with van der Waals surface area (Å²) in [5, 5.41) is 9.10. The van der Waals surface area contributed by atoms with Gasteiger partial charge >= 0.3 is 5.97 Å². The molecule has 1 aromatic heterocycles. The topological polar surface area (TPSA) is 100 Å². The predicted octanol–water partition coefficient (Wildman–Crippen LogP) is 1.67. The van der Waals surface area contributed by atoms with Crippen LogP contribution in [0.5, 0.6) is 0 Å². The molecule has 7 nitrogen and oxygen atoms in total. The smallest absolute Gasteiger partial charge is 0.335 e. The van der Waals surface area contributed by atoms with Crippen LogP contribution in [0.4, 0.5) is 0 Å². The molecule has 0 aliphatic carbocycles. The lowest BCUT2D eigenvalue weighted by molar-refractivity contribution is 0.0697. The van der Waals surface area contributed by atoms with Crippen LogP contribution in [0.25, 0.3) is 11.3 Å². The number of hydrogen-bond donors (Lipinski definition) is 1. The van der Waals surface area contributed by atoms with Gasteiger partial charge in [-0.05, 0) is 30.9 Å². The Kier molecular flexibility index (Phi) is 4.82. The zero-order valence-corrected chi connectivity index (χ0v) is 14.6. The maximum atomic E-state index is 11.6. The van der Waals surface area contributed by atoms with Crippen molar-refractivity contribution in [3.05, 3.63) is 47.9 Å². The third-order valence-electron chi connectivity index (χ3n) is 4.31. The summed E-state index contributed by atoms with van der Waals surface area (Å²) in [5.74, 6) is -0.776. The Morgan fingerprint density at radius 2 is 2.16 bits per heavy atom. The zero-order valence-electron chi connectivity index (χ0n) is 13.8. The van der Waals surface area contributed by atoms with E-state index in [-0.39, 0.29) is 11.5 Å². The van der Waals surface area contributed by atoms with E-state index in [0.29, 0.717) is 30.8 Å². The molecule has 0 radical (unpaired) electrons. The van der Waals surface area contributed by atoms with Crippen molar-refractivity contribution in [3.63, 3.8) is 0 Å². The van der Waals surface area contributed by atoms with Crippen molar-refractivity contribution in [2.24, 2.45) is 5.92 Å². The minimum Gasteiger partial charge on any atom is -0.478 e. The Hall–Kier alpha value is -2.32. The molecular weight excluding hydrogens is 342 g/mol. The molecule has 1 aliphatic heterocycles. The van der Waals surface area contributed by atoms with Gasteiger partial charge in [0.25, 0.3) is 0 Å². The first-order valence-electron chi connectivity index (χ1n) is 7.92. The van der Waals surface area contributed by atoms with E-state index in [1.54, 1.807) is 30.6 Å². The standard InChI is InChI=1S/C17H19N3O4S/c1-25(23,24)20-6-5-12(11-20)7-15-9-18-10-16(19-15)13-3-2-4-14(8-13)17(21)22/h2-4,8-10,12H,5-7,11H2,1H3,(H,21,22). The maximum absolute atomic E-state index is 11.6. The van der Waals surface area contributed by atoms with Crippen molar-refractivity contribution in [3.8, 4) is 11.3 Å². The van der Waals surface area contributed by atoms with Gasteiger partial charge in [-0.1, -0.05) is 12.1 Å². The monoisotopic (exact) mass is 361 g/mol. The lowest BCUT2D eigenvalue weighted by atomic mass is 10.0. The van der Waals surface area contributed by atoms with Gasteiger partial charge in [0.1, 0.15) is 0 Å². The lowest BCUT2D eigenvalue weighted by Gasteiger charge is -2.13. The molecule has 0 bridgehead atoms. The second kappa shape index (κ2) is 6.89. The number of hydrogen-bond acceptors (Lipinski definition) is 5. The van der Waals surface area contributed by atoms with Crippen LogP contribution in [0.15, 0.2) is 36.7 Å². The lowest BCUT2D eigenvalue weighted by Crippen LogP contribution is -2.27. The van der Waals surface area contributed by atoms with Crippen LogP contribution in [0.1, 0.15) is 22.5 Å². The predicted molar refractivity (Wildman–Crippen MR) is 92.7 cm³/mol. The minimum atomic E-state index is -3.15. The van der Waals surface area contributed by atoms with E-state index >= 15 is 0 Å². The van der Waals surface area contributed by atoms with E-state index in [1.165, 1.54) is 16.6 Å². The summed E-state index contributed by atoms with van der Waals surface area (Å²) in [6.45, 7) is 1.04. The third-order valence-corrected chi connectivity index (χ3v) is 5.57. The summed E-state index contributed by atoms with van der Waals surface area (Å²) in [7, 11) is -3.15. The summed E-state index contributed by atoms with van der Waals surface area (Å²) in [6.07, 6.45) is 5.94. The van der Waals surface area contributed by atoms with Gasteiger partial charge in [0.05, 0.1) is 29.4 Å². The van der Waals surface area contributed by atoms with Crippen molar-refractivity contribution in [2.45, 2.75) is 12.8 Å². The molecular formula is C17H19N3O4S. The average Bonchev–Trinajstić information content (AvgIpc) is 3.04. The highest BCUT2D eigenvalue weighted by Crippen LogP contribution is 2.23. The molecule has 1 atom stereocenters. The van der Waals surface area contributed by atoms with E-state index in [1.807, 2.05) is 0 Å². The van der Waals surface area contributed by atoms with E-state index in [2.05, 4.69) is 9.97 Å². The zero-order chi connectivity index (χ0) is 18.0. The second-order valence-electron chi connectivity index (χ2n) is 6.26. The SMILES string of the molecule is CS(=O)(=O)N1CCC(Cc2cncc(-c3cccc(C(=O)O)c3)n2)C1. The Bertz CT molecular complexity index is 898. The number of benzene rings is 1. The summed E-state index contributed by atoms with van der Waals surface area (Å²) >= 11 is 0. The molecule has 0 amide bonds. The van der Waals surface area contributed by atoms with Crippen LogP contribution < -0.4 is 0 Å². The van der Waals surface area contributed by atoms with Gasteiger partial charge in [-0.25, -0.2) is 22.5 Å². The molecule has 2 aromatic rings. The average molecular weight is 361 g/mol. The number of aromatic carboxylic acids is 1. The molecule has 1 aromatic carbocycles. The first-order chi connectivity index (χ1) is 11.8. The van der Waals surface area contributed by atoms with Crippen LogP contribution in [0, 0.1) is 5.92 Å². The molecule has 2 heterocycles. The van der Waals surface area contributed by atoms with Gasteiger partial charge < -0.3 is 5.11 Å². The number of carboxylic acids is 1. The van der Waals surface area contributed by atoms with E-state index < -0.39 is 16.0 Å². The Morgan fingerprint density at radius 1 is 1.36 bits per heavy atom. The van der Waals surface area contributed by atoms with Crippen LogP contribution in [-0.2, 0) is 16.4 Å². The van der Waals surface area contributed by atoms with Gasteiger partial charge in [-0.3, -0.25) is 4.98 Å². The first kappa shape index (κ1) is 17.5. The summed E-state index contributed by atoms with van der Waals surface area (Å²) in [4.78, 5) is 19.9. The number of aromatic nitrogens is 2. The molecule has 1 N–H and O–H groups in total. The summed E-state index contributed by atoms with van der Waals surface area (Å²) < 4.78 is 24.7. The Labute approximate surface area is 146 Å². The molecule has 1 saturated heterocycles. The molecule has 132 valence electrons. The van der Waals surface area contributed by atoms with Crippen LogP contribution in [0.2, 0.25) is 0 Å². The van der Waals surface area contributed by atoms with Gasteiger partial charge in [0.2, 0.25) is 10.0 Å². The normalized spacial score (nSPS) is 18.4. The molecule has 0 spiro atoms. The number of carbonyl (C=O) groups is 1. The maximum Gasteiger partial charge on any atom is 0.335 e. The Balaban J connectivity index is 1.77. The van der Waals surface area contributed by atoms with Gasteiger partial charge in [-0.15, -0.1) is 0 Å². The third kappa shape index (κ3) is 4.21. The van der Waals surface area contributed by atoms with Crippen LogP contribution in [0.3, 0.4) is 0 Å². The number of sulfonamides is 1. The van der Waals surface area contributed by atoms with Crippen molar-refractivity contribution in [1.82, 2.24) is 14.3 Å². The molecule has 3 rings (SSSR count). The van der Waals surface area contributed by atoms with Crippen molar-refractivity contribution < 1.29 is 18.3 Å². The highest BCUT2D eigenvalue weighted by molar-refractivity contribution is 7.88. The fraction of sp³-hybridized carbons (Fsp3) is 0.353. The molecule has 25 heavy (non-hydrogen) atoms. The highest BCUT2D eigenvalue weighted by atomic mass is 32.2. The summed E-state index contributed by atoms with van der Waals surface area (Å²) in [5.41, 5.74) is 2.28. The molecule has 1 unspecified atom stereocenters. The van der Waals surface area contributed by atoms with Gasteiger partial charge in [-0.2, -0.15) is 0 Å². The van der Waals surface area contributed by atoms with E-state index in [0.717, 1.165) is 12.1 Å². The molecule has 8 heteroatoms. The van der Waals surface area contributed by atoms with E-state index in [9.17, 15) is 13.2 Å². The number of carboxylic acid groups (broad SMARTS) is 1. The number of nitrogens with zero attached hydrogens (tertiary/aromatic N) is 3. The Morgan fingerprint density at radius 3 is 2.84 bits per heavy atom. The van der Waals surface area contributed by atoms with Crippen LogP contribution >= 0.6 is 0 Å². The van der Waals surface area contributed by atoms with Crippen molar-refractivity contribution in [1.29, 1.82) is 0 Å². The molecule has 1 fully saturated rings. The largest absolute Gasteiger partial charge is 0.478 e. The summed E-state index contributed by atoms with van der Waals surface area (Å²) in [6, 6.07) is 6.56. The second-order valence-corrected chi connectivity index (χ2v) is 8.24. The quantitative estimate of drug-likeness (QED) is 0.869. The van der Waals surface area contributed by atoms with Crippen molar-refractivity contribution in [2.75, 3.05) is 19.3 Å². The van der Waals surface area contributed by atoms with Crippen molar-refractivity contribution >= 4 is 16.0 Å². The molecule has 1 aliphatic rings. The fourth-order valence-electron chi connectivity index (χ4n) is 3.02. The minimum absolute atomic E-state index is 0.198. The van der Waals surface area contributed by atoms with Crippen LogP contribution in [-0.4, -0.2) is 53.1 Å². The first-order valence-corrected chi connectivity index (χ1v) is 9.77. The fourth-order valence-corrected chi connectivity index (χ4v) is 3.93. The number of rotatable bonds is 5. The highest BCUT2D eigenvalue weighted by Gasteiger charge is 2.28. The van der Waals surface area contributed by atoms with Gasteiger partial charge in [0, 0.05) is 24.8 Å². The molecule has 0 saturated carbocycles.